The molecule has 0 radical (unpaired) electrons. The van der Waals surface area contributed by atoms with E-state index in [2.05, 4.69) is 53.4 Å². The van der Waals surface area contributed by atoms with Crippen molar-refractivity contribution in [3.8, 4) is 0 Å². The zero-order valence-corrected chi connectivity index (χ0v) is 14.5. The first kappa shape index (κ1) is 17.0. The Balaban J connectivity index is 2.92. The van der Waals surface area contributed by atoms with Gasteiger partial charge in [-0.05, 0) is 38.5 Å². The third kappa shape index (κ3) is 5.51. The van der Waals surface area contributed by atoms with Crippen molar-refractivity contribution in [2.45, 2.75) is 32.9 Å². The van der Waals surface area contributed by atoms with Gasteiger partial charge in [0.25, 0.3) is 0 Å². The summed E-state index contributed by atoms with van der Waals surface area (Å²) in [6.07, 6.45) is 0. The second-order valence-corrected chi connectivity index (χ2v) is 6.82. The van der Waals surface area contributed by atoms with Crippen molar-refractivity contribution in [2.24, 2.45) is 0 Å². The highest BCUT2D eigenvalue weighted by Crippen LogP contribution is 2.24. The first-order valence-electron chi connectivity index (χ1n) is 6.68. The van der Waals surface area contributed by atoms with Gasteiger partial charge in [-0.2, -0.15) is 0 Å². The van der Waals surface area contributed by atoms with E-state index in [4.69, 9.17) is 0 Å². The molecule has 0 heterocycles. The molecule has 4 nitrogen and oxygen atoms in total. The number of benzene rings is 1. The molecule has 0 fully saturated rings. The van der Waals surface area contributed by atoms with Crippen molar-refractivity contribution < 1.29 is 4.79 Å². The van der Waals surface area contributed by atoms with Crippen LogP contribution in [-0.2, 0) is 11.3 Å². The minimum atomic E-state index is 0.00204. The molecule has 0 saturated carbocycles. The fraction of sp³-hybridized carbons (Fsp3) is 0.533. The van der Waals surface area contributed by atoms with E-state index in [0.717, 1.165) is 16.7 Å². The molecule has 1 aromatic rings. The number of hydrogen-bond acceptors (Lipinski definition) is 3. The molecule has 5 heteroatoms. The van der Waals surface area contributed by atoms with Gasteiger partial charge in [-0.25, -0.2) is 0 Å². The summed E-state index contributed by atoms with van der Waals surface area (Å²) in [5.41, 5.74) is 2.29. The molecule has 2 N–H and O–H groups in total. The van der Waals surface area contributed by atoms with Crippen LogP contribution >= 0.6 is 15.9 Å². The summed E-state index contributed by atoms with van der Waals surface area (Å²) in [7, 11) is 3.58. The molecule has 0 atom stereocenters. The Hall–Kier alpha value is -1.07. The average Bonchev–Trinajstić information content (AvgIpc) is 2.35. The molecule has 0 aliphatic heterocycles. The summed E-state index contributed by atoms with van der Waals surface area (Å²) in [5, 5.41) is 6.13. The monoisotopic (exact) mass is 341 g/mol. The normalized spacial score (nSPS) is 11.3. The minimum absolute atomic E-state index is 0.00204. The maximum Gasteiger partial charge on any atom is 0.239 e. The number of halogens is 1. The molecule has 0 bridgehead atoms. The molecule has 0 unspecified atom stereocenters. The quantitative estimate of drug-likeness (QED) is 0.864. The standard InChI is InChI=1S/C15H24BrN3O/c1-15(2,3)18-9-11-6-7-12(16)8-13(11)19(5)10-14(20)17-4/h6-8,18H,9-10H2,1-5H3,(H,17,20). The van der Waals surface area contributed by atoms with Crippen molar-refractivity contribution in [1.29, 1.82) is 0 Å². The first-order chi connectivity index (χ1) is 9.23. The van der Waals surface area contributed by atoms with Gasteiger partial charge >= 0.3 is 0 Å². The maximum atomic E-state index is 11.5. The Labute approximate surface area is 130 Å². The lowest BCUT2D eigenvalue weighted by Gasteiger charge is -2.25. The highest BCUT2D eigenvalue weighted by Gasteiger charge is 2.14. The van der Waals surface area contributed by atoms with Crippen LogP contribution in [0.3, 0.4) is 0 Å². The molecule has 20 heavy (non-hydrogen) atoms. The van der Waals surface area contributed by atoms with Crippen molar-refractivity contribution in [3.63, 3.8) is 0 Å². The number of hydrogen-bond donors (Lipinski definition) is 2. The van der Waals surface area contributed by atoms with E-state index < -0.39 is 0 Å². The Morgan fingerprint density at radius 1 is 1.35 bits per heavy atom. The molecular weight excluding hydrogens is 318 g/mol. The van der Waals surface area contributed by atoms with Gasteiger partial charge in [0, 0.05) is 36.3 Å². The van der Waals surface area contributed by atoms with Crippen molar-refractivity contribution in [2.75, 3.05) is 25.5 Å². The number of rotatable bonds is 5. The zero-order chi connectivity index (χ0) is 15.3. The Bertz CT molecular complexity index is 469. The number of carbonyl (C=O) groups excluding carboxylic acids is 1. The van der Waals surface area contributed by atoms with E-state index in [1.807, 2.05) is 24.1 Å². The molecule has 0 spiro atoms. The third-order valence-corrected chi connectivity index (χ3v) is 3.42. The van der Waals surface area contributed by atoms with Gasteiger partial charge in [0.05, 0.1) is 6.54 Å². The van der Waals surface area contributed by atoms with Crippen LogP contribution in [0.2, 0.25) is 0 Å². The predicted octanol–water partition coefficient (Wildman–Crippen LogP) is 2.52. The van der Waals surface area contributed by atoms with Gasteiger partial charge in [0.2, 0.25) is 5.91 Å². The topological polar surface area (TPSA) is 44.4 Å². The lowest BCUT2D eigenvalue weighted by Crippen LogP contribution is -2.36. The highest BCUT2D eigenvalue weighted by molar-refractivity contribution is 9.10. The summed E-state index contributed by atoms with van der Waals surface area (Å²) < 4.78 is 1.01. The summed E-state index contributed by atoms with van der Waals surface area (Å²) in [6.45, 7) is 7.53. The molecule has 0 saturated heterocycles. The summed E-state index contributed by atoms with van der Waals surface area (Å²) in [4.78, 5) is 13.5. The lowest BCUT2D eigenvalue weighted by atomic mass is 10.1. The zero-order valence-electron chi connectivity index (χ0n) is 12.9. The molecule has 112 valence electrons. The molecule has 0 aliphatic carbocycles. The van der Waals surface area contributed by atoms with E-state index in [-0.39, 0.29) is 11.4 Å². The molecular formula is C15H24BrN3O. The SMILES string of the molecule is CNC(=O)CN(C)c1cc(Br)ccc1CNC(C)(C)C. The Morgan fingerprint density at radius 2 is 2.00 bits per heavy atom. The minimum Gasteiger partial charge on any atom is -0.365 e. The van der Waals surface area contributed by atoms with Crippen LogP contribution in [0.4, 0.5) is 5.69 Å². The summed E-state index contributed by atoms with van der Waals surface area (Å²) in [5.74, 6) is 0.00204. The first-order valence-corrected chi connectivity index (χ1v) is 7.47. The van der Waals surface area contributed by atoms with Crippen LogP contribution < -0.4 is 15.5 Å². The number of nitrogens with one attached hydrogen (secondary N) is 2. The molecule has 0 aliphatic rings. The number of nitrogens with zero attached hydrogens (tertiary/aromatic N) is 1. The van der Waals surface area contributed by atoms with Crippen molar-refractivity contribution >= 4 is 27.5 Å². The van der Waals surface area contributed by atoms with E-state index >= 15 is 0 Å². The maximum absolute atomic E-state index is 11.5. The van der Waals surface area contributed by atoms with E-state index in [1.54, 1.807) is 7.05 Å². The van der Waals surface area contributed by atoms with Crippen LogP contribution in [0.15, 0.2) is 22.7 Å². The van der Waals surface area contributed by atoms with E-state index in [9.17, 15) is 4.79 Å². The third-order valence-electron chi connectivity index (χ3n) is 2.93. The highest BCUT2D eigenvalue weighted by atomic mass is 79.9. The fourth-order valence-corrected chi connectivity index (χ4v) is 2.13. The fourth-order valence-electron chi connectivity index (χ4n) is 1.78. The van der Waals surface area contributed by atoms with Gasteiger partial charge in [0.15, 0.2) is 0 Å². The smallest absolute Gasteiger partial charge is 0.239 e. The molecule has 1 aromatic carbocycles. The van der Waals surface area contributed by atoms with Crippen molar-refractivity contribution in [3.05, 3.63) is 28.2 Å². The number of anilines is 1. The van der Waals surface area contributed by atoms with Crippen LogP contribution in [0, 0.1) is 0 Å². The molecule has 1 rings (SSSR count). The van der Waals surface area contributed by atoms with Crippen LogP contribution in [-0.4, -0.2) is 32.1 Å². The predicted molar refractivity (Wildman–Crippen MR) is 88.1 cm³/mol. The van der Waals surface area contributed by atoms with Gasteiger partial charge in [-0.3, -0.25) is 4.79 Å². The molecule has 0 aromatic heterocycles. The van der Waals surface area contributed by atoms with E-state index in [1.165, 1.54) is 5.56 Å². The van der Waals surface area contributed by atoms with Crippen molar-refractivity contribution in [1.82, 2.24) is 10.6 Å². The lowest BCUT2D eigenvalue weighted by molar-refractivity contribution is -0.119. The van der Waals surface area contributed by atoms with Gasteiger partial charge in [0.1, 0.15) is 0 Å². The number of likely N-dealkylation sites (N-methyl/N-ethyl adjacent to an activating group) is 2. The van der Waals surface area contributed by atoms with E-state index in [0.29, 0.717) is 6.54 Å². The van der Waals surface area contributed by atoms with Crippen LogP contribution in [0.1, 0.15) is 26.3 Å². The largest absolute Gasteiger partial charge is 0.365 e. The summed E-state index contributed by atoms with van der Waals surface area (Å²) in [6, 6.07) is 6.15. The van der Waals surface area contributed by atoms with Gasteiger partial charge < -0.3 is 15.5 Å². The molecule has 1 amide bonds. The van der Waals surface area contributed by atoms with Gasteiger partial charge in [-0.15, -0.1) is 0 Å². The van der Waals surface area contributed by atoms with Crippen LogP contribution in [0.5, 0.6) is 0 Å². The van der Waals surface area contributed by atoms with Gasteiger partial charge in [-0.1, -0.05) is 22.0 Å². The van der Waals surface area contributed by atoms with Crippen LogP contribution in [0.25, 0.3) is 0 Å². The number of carbonyl (C=O) groups is 1. The number of amides is 1. The second-order valence-electron chi connectivity index (χ2n) is 5.91. The summed E-state index contributed by atoms with van der Waals surface area (Å²) >= 11 is 3.49. The Morgan fingerprint density at radius 3 is 2.55 bits per heavy atom. The average molecular weight is 342 g/mol. The Kier molecular flexibility index (Phi) is 6.02. The second kappa shape index (κ2) is 7.09.